The third-order valence-electron chi connectivity index (χ3n) is 1.14. The Bertz CT molecular complexity index is 322. The van der Waals surface area contributed by atoms with E-state index in [-0.39, 0.29) is 6.17 Å². The number of hydrogen-bond acceptors (Lipinski definition) is 2. The van der Waals surface area contributed by atoms with Gasteiger partial charge in [0.2, 0.25) is 0 Å². The van der Waals surface area contributed by atoms with Crippen molar-refractivity contribution in [2.75, 3.05) is 0 Å². The van der Waals surface area contributed by atoms with E-state index in [1.807, 2.05) is 0 Å². The first kappa shape index (κ1) is 3.61. The van der Waals surface area contributed by atoms with E-state index < -0.39 is 0 Å². The highest BCUT2D eigenvalue weighted by molar-refractivity contribution is 5.33. The van der Waals surface area contributed by atoms with E-state index in [2.05, 4.69) is 9.97 Å². The molecule has 3 nitrogen and oxygen atoms in total. The van der Waals surface area contributed by atoms with Gasteiger partial charge in [-0.25, -0.2) is 4.98 Å². The lowest BCUT2D eigenvalue weighted by Crippen LogP contribution is -1.81. The first-order chi connectivity index (χ1) is 4.86. The van der Waals surface area contributed by atoms with Gasteiger partial charge < -0.3 is 4.40 Å². The molecule has 0 saturated heterocycles. The highest BCUT2D eigenvalue weighted by Gasteiger charge is 1.86. The quantitative estimate of drug-likeness (QED) is 0.513. The van der Waals surface area contributed by atoms with E-state index >= 15 is 0 Å². The van der Waals surface area contributed by atoms with Crippen molar-refractivity contribution in [1.82, 2.24) is 14.4 Å². The number of imidazole rings is 1. The van der Waals surface area contributed by atoms with Crippen LogP contribution in [0.5, 0.6) is 0 Å². The standard InChI is InChI=1S/C6H5N3/c1-3-9-4-2-8-6(9)5-7-1/h1-5H/i2D. The topological polar surface area (TPSA) is 30.2 Å². The molecule has 0 amide bonds. The predicted molar refractivity (Wildman–Crippen MR) is 33.0 cm³/mol. The highest BCUT2D eigenvalue weighted by atomic mass is 15.0. The van der Waals surface area contributed by atoms with Crippen molar-refractivity contribution in [2.45, 2.75) is 0 Å². The molecule has 0 spiro atoms. The molecule has 9 heavy (non-hydrogen) atoms. The van der Waals surface area contributed by atoms with Gasteiger partial charge in [0.1, 0.15) is 0 Å². The lowest BCUT2D eigenvalue weighted by Gasteiger charge is -1.86. The Labute approximate surface area is 53.4 Å². The van der Waals surface area contributed by atoms with Crippen LogP contribution in [0.1, 0.15) is 1.37 Å². The molecule has 0 aliphatic rings. The van der Waals surface area contributed by atoms with Crippen LogP contribution in [0.15, 0.2) is 31.0 Å². The molecular weight excluding hydrogens is 114 g/mol. The summed E-state index contributed by atoms with van der Waals surface area (Å²) >= 11 is 0. The summed E-state index contributed by atoms with van der Waals surface area (Å²) in [5.74, 6) is 0. The molecule has 2 aromatic heterocycles. The molecular formula is C6H5N3. The largest absolute Gasteiger partial charge is 0.304 e. The molecule has 0 saturated carbocycles. The second-order valence-corrected chi connectivity index (χ2v) is 1.71. The molecule has 0 radical (unpaired) electrons. The summed E-state index contributed by atoms with van der Waals surface area (Å²) in [4.78, 5) is 7.74. The highest BCUT2D eigenvalue weighted by Crippen LogP contribution is 1.93. The molecule has 0 atom stereocenters. The van der Waals surface area contributed by atoms with E-state index in [9.17, 15) is 0 Å². The van der Waals surface area contributed by atoms with Crippen molar-refractivity contribution in [3.8, 4) is 0 Å². The van der Waals surface area contributed by atoms with E-state index in [0.717, 1.165) is 0 Å². The molecule has 44 valence electrons. The molecule has 0 N–H and O–H groups in total. The Morgan fingerprint density at radius 3 is 3.44 bits per heavy atom. The summed E-state index contributed by atoms with van der Waals surface area (Å²) in [6.45, 7) is 0. The normalized spacial score (nSPS) is 11.8. The van der Waals surface area contributed by atoms with E-state index in [1.54, 1.807) is 29.2 Å². The van der Waals surface area contributed by atoms with Gasteiger partial charge in [-0.1, -0.05) is 0 Å². The maximum absolute atomic E-state index is 7.16. The van der Waals surface area contributed by atoms with Gasteiger partial charge in [-0.05, 0) is 0 Å². The third kappa shape index (κ3) is 0.579. The number of fused-ring (bicyclic) bond motifs is 1. The Morgan fingerprint density at radius 2 is 2.56 bits per heavy atom. The fourth-order valence-corrected chi connectivity index (χ4v) is 0.716. The van der Waals surface area contributed by atoms with Crippen LogP contribution in [-0.2, 0) is 0 Å². The van der Waals surface area contributed by atoms with Crippen molar-refractivity contribution in [1.29, 1.82) is 0 Å². The Balaban J connectivity index is 2.88. The zero-order valence-electron chi connectivity index (χ0n) is 5.65. The van der Waals surface area contributed by atoms with E-state index in [0.29, 0.717) is 5.65 Å². The lowest BCUT2D eigenvalue weighted by atomic mass is 10.7. The molecule has 0 aliphatic heterocycles. The van der Waals surface area contributed by atoms with Crippen LogP contribution in [0.3, 0.4) is 0 Å². The maximum atomic E-state index is 7.16. The monoisotopic (exact) mass is 120 g/mol. The van der Waals surface area contributed by atoms with Gasteiger partial charge in [0.25, 0.3) is 0 Å². The van der Waals surface area contributed by atoms with Crippen LogP contribution in [0.4, 0.5) is 0 Å². The molecule has 0 bridgehead atoms. The van der Waals surface area contributed by atoms with E-state index in [1.165, 1.54) is 0 Å². The zero-order chi connectivity index (χ0) is 6.97. The minimum atomic E-state index is 0.271. The van der Waals surface area contributed by atoms with Gasteiger partial charge in [0, 0.05) is 24.8 Å². The molecule has 2 aromatic rings. The third-order valence-corrected chi connectivity index (χ3v) is 1.14. The average molecular weight is 120 g/mol. The van der Waals surface area contributed by atoms with Gasteiger partial charge in [0.15, 0.2) is 5.65 Å². The average Bonchev–Trinajstić information content (AvgIpc) is 2.27. The second-order valence-electron chi connectivity index (χ2n) is 1.71. The van der Waals surface area contributed by atoms with Crippen LogP contribution in [0.25, 0.3) is 5.65 Å². The molecule has 0 aromatic carbocycles. The predicted octanol–water partition coefficient (Wildman–Crippen LogP) is 0.729. The minimum absolute atomic E-state index is 0.271. The van der Waals surface area contributed by atoms with Crippen LogP contribution in [0.2, 0.25) is 0 Å². The minimum Gasteiger partial charge on any atom is -0.304 e. The number of rotatable bonds is 0. The van der Waals surface area contributed by atoms with Gasteiger partial charge in [-0.2, -0.15) is 0 Å². The van der Waals surface area contributed by atoms with Crippen molar-refractivity contribution in [3.63, 3.8) is 0 Å². The van der Waals surface area contributed by atoms with Gasteiger partial charge in [0.05, 0.1) is 7.57 Å². The summed E-state index contributed by atoms with van der Waals surface area (Å²) in [5.41, 5.74) is 0.715. The summed E-state index contributed by atoms with van der Waals surface area (Å²) in [5, 5.41) is 0. The Morgan fingerprint density at radius 1 is 1.56 bits per heavy atom. The molecule has 0 fully saturated rings. The molecule has 2 rings (SSSR count). The fourth-order valence-electron chi connectivity index (χ4n) is 0.716. The smallest absolute Gasteiger partial charge is 0.155 e. The number of hydrogen-bond donors (Lipinski definition) is 0. The van der Waals surface area contributed by atoms with Gasteiger partial charge >= 0.3 is 0 Å². The van der Waals surface area contributed by atoms with Crippen LogP contribution >= 0.6 is 0 Å². The number of nitrogens with zero attached hydrogens (tertiary/aromatic N) is 3. The lowest BCUT2D eigenvalue weighted by molar-refractivity contribution is 1.13. The molecule has 0 unspecified atom stereocenters. The molecule has 0 aliphatic carbocycles. The van der Waals surface area contributed by atoms with Crippen molar-refractivity contribution in [2.24, 2.45) is 0 Å². The molecule has 2 heterocycles. The SMILES string of the molecule is [2H]c1cn2ccncc2n1. The fraction of sp³-hybridized carbons (Fsp3) is 0. The van der Waals surface area contributed by atoms with Crippen molar-refractivity contribution < 1.29 is 1.37 Å². The van der Waals surface area contributed by atoms with Crippen LogP contribution in [0, 0.1) is 0 Å². The van der Waals surface area contributed by atoms with Crippen LogP contribution < -0.4 is 0 Å². The van der Waals surface area contributed by atoms with Gasteiger partial charge in [-0.3, -0.25) is 4.98 Å². The molecule has 3 heteroatoms. The van der Waals surface area contributed by atoms with Gasteiger partial charge in [-0.15, -0.1) is 0 Å². The van der Waals surface area contributed by atoms with Crippen LogP contribution in [-0.4, -0.2) is 14.4 Å². The zero-order valence-corrected chi connectivity index (χ0v) is 4.65. The van der Waals surface area contributed by atoms with E-state index in [4.69, 9.17) is 1.37 Å². The van der Waals surface area contributed by atoms with Crippen molar-refractivity contribution >= 4 is 5.65 Å². The number of aromatic nitrogens is 3. The maximum Gasteiger partial charge on any atom is 0.155 e. The first-order valence-corrected chi connectivity index (χ1v) is 2.61. The summed E-state index contributed by atoms with van der Waals surface area (Å²) in [6, 6.07) is 0. The second kappa shape index (κ2) is 1.55. The summed E-state index contributed by atoms with van der Waals surface area (Å²) < 4.78 is 8.92. The Kier molecular flexibility index (Phi) is 0.621. The summed E-state index contributed by atoms with van der Waals surface area (Å²) in [6.07, 6.45) is 6.96. The van der Waals surface area contributed by atoms with Crippen molar-refractivity contribution in [3.05, 3.63) is 31.0 Å². The summed E-state index contributed by atoms with van der Waals surface area (Å²) in [7, 11) is 0. The Hall–Kier alpha value is -1.38. The first-order valence-electron chi connectivity index (χ1n) is 3.11.